The number of halogens is 1. The van der Waals surface area contributed by atoms with Gasteiger partial charge >= 0.3 is 0 Å². The molecule has 0 atom stereocenters. The molecule has 0 saturated heterocycles. The molecular weight excluding hydrogens is 387 g/mol. The lowest BCUT2D eigenvalue weighted by molar-refractivity contribution is -0.126. The first-order valence-electron chi connectivity index (χ1n) is 8.22. The highest BCUT2D eigenvalue weighted by Crippen LogP contribution is 2.35. The van der Waals surface area contributed by atoms with Gasteiger partial charge in [-0.15, -0.1) is 0 Å². The zero-order chi connectivity index (χ0) is 20.5. The number of hydrogen-bond donors (Lipinski definition) is 1. The summed E-state index contributed by atoms with van der Waals surface area (Å²) in [4.78, 5) is 24.5. The molecule has 28 heavy (non-hydrogen) atoms. The Labute approximate surface area is 161 Å². The van der Waals surface area contributed by atoms with Gasteiger partial charge in [0.05, 0.1) is 7.11 Å². The predicted molar refractivity (Wildman–Crippen MR) is 101 cm³/mol. The van der Waals surface area contributed by atoms with E-state index in [1.54, 1.807) is 24.3 Å². The van der Waals surface area contributed by atoms with Crippen LogP contribution >= 0.6 is 0 Å². The summed E-state index contributed by atoms with van der Waals surface area (Å²) in [5, 5.41) is 2.53. The minimum Gasteiger partial charge on any atom is -0.497 e. The van der Waals surface area contributed by atoms with Crippen LogP contribution in [0.3, 0.4) is 0 Å². The number of sulfonamides is 1. The number of nitrogens with zero attached hydrogens (tertiary/aromatic N) is 1. The number of rotatable bonds is 5. The molecule has 0 unspecified atom stereocenters. The van der Waals surface area contributed by atoms with Gasteiger partial charge in [-0.05, 0) is 48.9 Å². The molecule has 9 heteroatoms. The van der Waals surface area contributed by atoms with Crippen molar-refractivity contribution >= 4 is 32.4 Å². The molecule has 7 nitrogen and oxygen atoms in total. The molecule has 0 spiro atoms. The molecule has 1 N–H and O–H groups in total. The molecule has 1 heterocycles. The van der Waals surface area contributed by atoms with E-state index in [1.165, 1.54) is 26.2 Å². The number of hydrogen-bond acceptors (Lipinski definition) is 5. The third kappa shape index (κ3) is 3.61. The average molecular weight is 404 g/mol. The van der Waals surface area contributed by atoms with Crippen LogP contribution in [-0.4, -0.2) is 38.2 Å². The quantitative estimate of drug-likeness (QED) is 0.826. The smallest absolute Gasteiger partial charge is 0.268 e. The summed E-state index contributed by atoms with van der Waals surface area (Å²) in [5.74, 6) is -1.39. The number of carbonyl (C=O) groups is 2. The van der Waals surface area contributed by atoms with Crippen LogP contribution in [-0.2, 0) is 19.6 Å². The number of anilines is 1. The Morgan fingerprint density at radius 1 is 1.11 bits per heavy atom. The molecule has 3 rings (SSSR count). The van der Waals surface area contributed by atoms with Crippen molar-refractivity contribution in [1.29, 1.82) is 0 Å². The Kier molecular flexibility index (Phi) is 5.19. The van der Waals surface area contributed by atoms with E-state index in [1.807, 2.05) is 0 Å². The van der Waals surface area contributed by atoms with Crippen molar-refractivity contribution in [3.63, 3.8) is 0 Å². The van der Waals surface area contributed by atoms with E-state index < -0.39 is 34.2 Å². The number of nitrogens with one attached hydrogen (secondary N) is 1. The second-order valence-electron chi connectivity index (χ2n) is 6.05. The third-order valence-electron chi connectivity index (χ3n) is 4.20. The molecule has 2 aromatic carbocycles. The largest absolute Gasteiger partial charge is 0.497 e. The first-order chi connectivity index (χ1) is 13.2. The number of carbonyl (C=O) groups excluding carboxylic acids is 2. The topological polar surface area (TPSA) is 92.8 Å². The van der Waals surface area contributed by atoms with E-state index in [2.05, 4.69) is 5.32 Å². The number of benzene rings is 2. The van der Waals surface area contributed by atoms with Crippen LogP contribution in [0.15, 0.2) is 54.1 Å². The second-order valence-corrected chi connectivity index (χ2v) is 7.85. The zero-order valence-corrected chi connectivity index (χ0v) is 15.9. The highest BCUT2D eigenvalue weighted by atomic mass is 32.2. The lowest BCUT2D eigenvalue weighted by Gasteiger charge is -2.16. The molecule has 0 aliphatic carbocycles. The van der Waals surface area contributed by atoms with Crippen molar-refractivity contribution in [2.24, 2.45) is 0 Å². The maximum absolute atomic E-state index is 13.1. The molecule has 1 aliphatic rings. The van der Waals surface area contributed by atoms with Crippen molar-refractivity contribution in [2.45, 2.75) is 6.92 Å². The van der Waals surface area contributed by atoms with E-state index >= 15 is 0 Å². The minimum absolute atomic E-state index is 0.0242. The third-order valence-corrected chi connectivity index (χ3v) is 6.14. The van der Waals surface area contributed by atoms with Crippen molar-refractivity contribution in [3.05, 3.63) is 65.5 Å². The van der Waals surface area contributed by atoms with Crippen molar-refractivity contribution < 1.29 is 27.1 Å². The van der Waals surface area contributed by atoms with Gasteiger partial charge in [-0.2, -0.15) is 0 Å². The maximum atomic E-state index is 13.1. The predicted octanol–water partition coefficient (Wildman–Crippen LogP) is 2.38. The normalized spacial score (nSPS) is 15.7. The summed E-state index contributed by atoms with van der Waals surface area (Å²) in [6, 6.07) is 11.2. The van der Waals surface area contributed by atoms with Crippen LogP contribution in [0, 0.1) is 5.82 Å². The van der Waals surface area contributed by atoms with Crippen LogP contribution in [0.25, 0.3) is 4.91 Å². The van der Waals surface area contributed by atoms with Crippen molar-refractivity contribution in [1.82, 2.24) is 4.31 Å². The van der Waals surface area contributed by atoms with Gasteiger partial charge in [-0.3, -0.25) is 9.59 Å². The first-order valence-corrected chi connectivity index (χ1v) is 9.66. The number of amides is 2. The lowest BCUT2D eigenvalue weighted by atomic mass is 10.1. The SMILES string of the molecule is COc1ccc(NC(=O)CN2C(=O)C(C)=C(c3ccc(F)cc3)S2(=O)=O)cc1. The van der Waals surface area contributed by atoms with Crippen LogP contribution < -0.4 is 10.1 Å². The summed E-state index contributed by atoms with van der Waals surface area (Å²) in [6.07, 6.45) is 0. The second kappa shape index (κ2) is 7.43. The van der Waals surface area contributed by atoms with Crippen LogP contribution in [0.1, 0.15) is 12.5 Å². The number of methoxy groups -OCH3 is 1. The molecule has 2 aromatic rings. The Balaban J connectivity index is 1.80. The average Bonchev–Trinajstić information content (AvgIpc) is 2.83. The molecule has 0 bridgehead atoms. The Morgan fingerprint density at radius 2 is 1.71 bits per heavy atom. The van der Waals surface area contributed by atoms with Gasteiger partial charge in [-0.25, -0.2) is 17.1 Å². The van der Waals surface area contributed by atoms with E-state index in [9.17, 15) is 22.4 Å². The van der Waals surface area contributed by atoms with E-state index in [4.69, 9.17) is 4.74 Å². The summed E-state index contributed by atoms with van der Waals surface area (Å²) in [7, 11) is -2.72. The first kappa shape index (κ1) is 19.6. The molecule has 0 fully saturated rings. The van der Waals surface area contributed by atoms with Gasteiger partial charge in [0.25, 0.3) is 15.9 Å². The fraction of sp³-hybridized carbons (Fsp3) is 0.158. The van der Waals surface area contributed by atoms with Gasteiger partial charge in [0, 0.05) is 11.3 Å². The van der Waals surface area contributed by atoms with Crippen LogP contribution in [0.2, 0.25) is 0 Å². The fourth-order valence-corrected chi connectivity index (χ4v) is 4.60. The van der Waals surface area contributed by atoms with Gasteiger partial charge < -0.3 is 10.1 Å². The van der Waals surface area contributed by atoms with E-state index in [0.29, 0.717) is 15.7 Å². The molecule has 2 amide bonds. The Hall–Kier alpha value is -3.20. The minimum atomic E-state index is -4.23. The molecule has 0 aromatic heterocycles. The zero-order valence-electron chi connectivity index (χ0n) is 15.1. The lowest BCUT2D eigenvalue weighted by Crippen LogP contribution is -2.38. The molecule has 0 saturated carbocycles. The van der Waals surface area contributed by atoms with Gasteiger partial charge in [-0.1, -0.05) is 12.1 Å². The molecule has 0 radical (unpaired) electrons. The van der Waals surface area contributed by atoms with E-state index in [0.717, 1.165) is 12.1 Å². The molecular formula is C19H17FN2O5S. The van der Waals surface area contributed by atoms with Crippen LogP contribution in [0.4, 0.5) is 10.1 Å². The summed E-state index contributed by atoms with van der Waals surface area (Å²) < 4.78 is 44.3. The fourth-order valence-electron chi connectivity index (χ4n) is 2.83. The summed E-state index contributed by atoms with van der Waals surface area (Å²) >= 11 is 0. The standard InChI is InChI=1S/C19H17FN2O5S/c1-12-18(13-3-5-14(20)6-4-13)28(25,26)22(19(12)24)11-17(23)21-15-7-9-16(27-2)10-8-15/h3-10H,11H2,1-2H3,(H,21,23). The molecule has 1 aliphatic heterocycles. The summed E-state index contributed by atoms with van der Waals surface area (Å²) in [5.41, 5.74) is 0.590. The van der Waals surface area contributed by atoms with Crippen LogP contribution in [0.5, 0.6) is 5.75 Å². The van der Waals surface area contributed by atoms with Crippen molar-refractivity contribution in [3.8, 4) is 5.75 Å². The molecule has 146 valence electrons. The van der Waals surface area contributed by atoms with E-state index in [-0.39, 0.29) is 16.0 Å². The van der Waals surface area contributed by atoms with Gasteiger partial charge in [0.15, 0.2) is 0 Å². The van der Waals surface area contributed by atoms with Gasteiger partial charge in [0.2, 0.25) is 5.91 Å². The summed E-state index contributed by atoms with van der Waals surface area (Å²) in [6.45, 7) is 0.690. The Bertz CT molecular complexity index is 1060. The highest BCUT2D eigenvalue weighted by molar-refractivity contribution is 7.99. The van der Waals surface area contributed by atoms with Crippen molar-refractivity contribution in [2.75, 3.05) is 19.0 Å². The number of ether oxygens (including phenoxy) is 1. The monoisotopic (exact) mass is 404 g/mol. The van der Waals surface area contributed by atoms with Gasteiger partial charge in [0.1, 0.15) is 23.0 Å². The maximum Gasteiger partial charge on any atom is 0.268 e. The highest BCUT2D eigenvalue weighted by Gasteiger charge is 2.43. The Morgan fingerprint density at radius 3 is 2.29 bits per heavy atom.